The summed E-state index contributed by atoms with van der Waals surface area (Å²) in [6, 6.07) is 0. The van der Waals surface area contributed by atoms with E-state index in [1.165, 1.54) is 0 Å². The maximum absolute atomic E-state index is 12.0. The van der Waals surface area contributed by atoms with Crippen molar-refractivity contribution in [1.29, 1.82) is 0 Å². The SMILES string of the molecule is O=C(O)[C@H]1C[C@H]1C(=O)N1CCn2cnnc2C1. The van der Waals surface area contributed by atoms with Gasteiger partial charge in [0.05, 0.1) is 18.4 Å². The van der Waals surface area contributed by atoms with Crippen molar-refractivity contribution in [2.45, 2.75) is 19.5 Å². The van der Waals surface area contributed by atoms with E-state index in [4.69, 9.17) is 5.11 Å². The molecule has 7 nitrogen and oxygen atoms in total. The van der Waals surface area contributed by atoms with Gasteiger partial charge in [-0.15, -0.1) is 10.2 Å². The topological polar surface area (TPSA) is 88.3 Å². The van der Waals surface area contributed by atoms with Gasteiger partial charge in [-0.1, -0.05) is 0 Å². The normalized spacial score (nSPS) is 26.5. The number of carboxylic acid groups (broad SMARTS) is 1. The first-order chi connectivity index (χ1) is 8.16. The second kappa shape index (κ2) is 3.54. The Kier molecular flexibility index (Phi) is 2.13. The first-order valence-corrected chi connectivity index (χ1v) is 5.55. The van der Waals surface area contributed by atoms with Gasteiger partial charge in [-0.2, -0.15) is 0 Å². The Morgan fingerprint density at radius 3 is 2.88 bits per heavy atom. The van der Waals surface area contributed by atoms with Gasteiger partial charge in [-0.3, -0.25) is 9.59 Å². The number of amides is 1. The molecule has 2 atom stereocenters. The van der Waals surface area contributed by atoms with Crippen LogP contribution in [-0.2, 0) is 22.7 Å². The molecule has 1 N–H and O–H groups in total. The summed E-state index contributed by atoms with van der Waals surface area (Å²) in [6.07, 6.45) is 2.12. The molecule has 2 heterocycles. The molecular formula is C10H12N4O3. The molecule has 0 unspecified atom stereocenters. The molecule has 0 aromatic carbocycles. The zero-order valence-electron chi connectivity index (χ0n) is 9.11. The summed E-state index contributed by atoms with van der Waals surface area (Å²) in [4.78, 5) is 24.4. The molecule has 2 aliphatic rings. The number of carbonyl (C=O) groups is 2. The van der Waals surface area contributed by atoms with Crippen molar-refractivity contribution in [2.75, 3.05) is 6.54 Å². The van der Waals surface area contributed by atoms with E-state index < -0.39 is 11.9 Å². The minimum atomic E-state index is -0.872. The zero-order chi connectivity index (χ0) is 12.0. The van der Waals surface area contributed by atoms with E-state index in [-0.39, 0.29) is 11.8 Å². The van der Waals surface area contributed by atoms with Crippen molar-refractivity contribution in [3.8, 4) is 0 Å². The molecule has 1 aromatic heterocycles. The Labute approximate surface area is 97.0 Å². The lowest BCUT2D eigenvalue weighted by Crippen LogP contribution is -2.39. The molecule has 1 amide bonds. The van der Waals surface area contributed by atoms with Gasteiger partial charge in [0.15, 0.2) is 5.82 Å². The second-order valence-electron chi connectivity index (χ2n) is 4.49. The number of hydrogen-bond donors (Lipinski definition) is 1. The fraction of sp³-hybridized carbons (Fsp3) is 0.600. The lowest BCUT2D eigenvalue weighted by molar-refractivity contribution is -0.142. The Hall–Kier alpha value is -1.92. The molecule has 7 heteroatoms. The summed E-state index contributed by atoms with van der Waals surface area (Å²) in [5.41, 5.74) is 0. The zero-order valence-corrected chi connectivity index (χ0v) is 9.11. The van der Waals surface area contributed by atoms with E-state index in [1.54, 1.807) is 11.2 Å². The lowest BCUT2D eigenvalue weighted by Gasteiger charge is -2.27. The molecule has 1 fully saturated rings. The van der Waals surface area contributed by atoms with Crippen LogP contribution in [0, 0.1) is 11.8 Å². The fourth-order valence-corrected chi connectivity index (χ4v) is 2.23. The van der Waals surface area contributed by atoms with Gasteiger partial charge in [0.25, 0.3) is 0 Å². The smallest absolute Gasteiger partial charge is 0.307 e. The van der Waals surface area contributed by atoms with Gasteiger partial charge < -0.3 is 14.6 Å². The van der Waals surface area contributed by atoms with Crippen LogP contribution in [0.3, 0.4) is 0 Å². The van der Waals surface area contributed by atoms with Gasteiger partial charge in [-0.25, -0.2) is 0 Å². The average molecular weight is 236 g/mol. The maximum atomic E-state index is 12.0. The van der Waals surface area contributed by atoms with Crippen LogP contribution >= 0.6 is 0 Å². The third-order valence-electron chi connectivity index (χ3n) is 3.38. The summed E-state index contributed by atoms with van der Waals surface area (Å²) in [6.45, 7) is 1.72. The first kappa shape index (κ1) is 10.2. The number of fused-ring (bicyclic) bond motifs is 1. The fourth-order valence-electron chi connectivity index (χ4n) is 2.23. The molecule has 0 radical (unpaired) electrons. The highest BCUT2D eigenvalue weighted by Crippen LogP contribution is 2.40. The molecule has 1 aliphatic heterocycles. The van der Waals surface area contributed by atoms with Crippen LogP contribution < -0.4 is 0 Å². The third kappa shape index (κ3) is 1.67. The number of aromatic nitrogens is 3. The number of aliphatic carboxylic acids is 1. The van der Waals surface area contributed by atoms with Crippen LogP contribution in [0.4, 0.5) is 0 Å². The van der Waals surface area contributed by atoms with Crippen LogP contribution in [-0.4, -0.2) is 43.2 Å². The van der Waals surface area contributed by atoms with Crippen molar-refractivity contribution < 1.29 is 14.7 Å². The van der Waals surface area contributed by atoms with Gasteiger partial charge in [0.2, 0.25) is 5.91 Å². The minimum Gasteiger partial charge on any atom is -0.481 e. The van der Waals surface area contributed by atoms with E-state index in [1.807, 2.05) is 4.57 Å². The lowest BCUT2D eigenvalue weighted by atomic mass is 10.2. The van der Waals surface area contributed by atoms with E-state index in [0.717, 1.165) is 5.82 Å². The monoisotopic (exact) mass is 236 g/mol. The van der Waals surface area contributed by atoms with E-state index >= 15 is 0 Å². The predicted octanol–water partition coefficient (Wildman–Crippen LogP) is -0.659. The van der Waals surface area contributed by atoms with E-state index in [9.17, 15) is 9.59 Å². The first-order valence-electron chi connectivity index (χ1n) is 5.55. The van der Waals surface area contributed by atoms with Crippen LogP contribution in [0.25, 0.3) is 0 Å². The molecule has 1 saturated carbocycles. The largest absolute Gasteiger partial charge is 0.481 e. The Bertz CT molecular complexity index is 484. The highest BCUT2D eigenvalue weighted by atomic mass is 16.4. The molecule has 0 saturated heterocycles. The Balaban J connectivity index is 1.68. The van der Waals surface area contributed by atoms with E-state index in [0.29, 0.717) is 26.1 Å². The van der Waals surface area contributed by atoms with Crippen LogP contribution in [0.15, 0.2) is 6.33 Å². The number of carboxylic acids is 1. The number of carbonyl (C=O) groups excluding carboxylic acids is 1. The van der Waals surface area contributed by atoms with Crippen molar-refractivity contribution in [2.24, 2.45) is 11.8 Å². The minimum absolute atomic E-state index is 0.0633. The third-order valence-corrected chi connectivity index (χ3v) is 3.38. The molecule has 0 spiro atoms. The number of rotatable bonds is 2. The van der Waals surface area contributed by atoms with Gasteiger partial charge in [0.1, 0.15) is 6.33 Å². The van der Waals surface area contributed by atoms with Crippen LogP contribution in [0.2, 0.25) is 0 Å². The van der Waals surface area contributed by atoms with Crippen molar-refractivity contribution in [3.05, 3.63) is 12.2 Å². The Morgan fingerprint density at radius 2 is 2.18 bits per heavy atom. The summed E-state index contributed by atoms with van der Waals surface area (Å²) in [5.74, 6) is -0.989. The summed E-state index contributed by atoms with van der Waals surface area (Å²) < 4.78 is 1.91. The molecule has 90 valence electrons. The molecule has 1 aliphatic carbocycles. The average Bonchev–Trinajstić information content (AvgIpc) is 2.99. The summed E-state index contributed by atoms with van der Waals surface area (Å²) >= 11 is 0. The molecule has 1 aromatic rings. The standard InChI is InChI=1S/C10H12N4O3/c15-9(6-3-7(6)10(16)17)13-1-2-14-5-11-12-8(14)4-13/h5-7H,1-4H2,(H,16,17)/t6-,7+/m1/s1. The molecule has 3 rings (SSSR count). The maximum Gasteiger partial charge on any atom is 0.307 e. The summed E-state index contributed by atoms with van der Waals surface area (Å²) in [7, 11) is 0. The number of nitrogens with zero attached hydrogens (tertiary/aromatic N) is 4. The Morgan fingerprint density at radius 1 is 1.35 bits per heavy atom. The molecular weight excluding hydrogens is 224 g/mol. The number of hydrogen-bond acceptors (Lipinski definition) is 4. The van der Waals surface area contributed by atoms with Crippen molar-refractivity contribution >= 4 is 11.9 Å². The highest BCUT2D eigenvalue weighted by Gasteiger charge is 2.50. The van der Waals surface area contributed by atoms with Crippen molar-refractivity contribution in [1.82, 2.24) is 19.7 Å². The summed E-state index contributed by atoms with van der Waals surface area (Å²) in [5, 5.41) is 16.5. The highest BCUT2D eigenvalue weighted by molar-refractivity contribution is 5.89. The molecule has 0 bridgehead atoms. The van der Waals surface area contributed by atoms with Gasteiger partial charge in [0, 0.05) is 13.1 Å². The van der Waals surface area contributed by atoms with E-state index in [2.05, 4.69) is 10.2 Å². The van der Waals surface area contributed by atoms with Crippen LogP contribution in [0.1, 0.15) is 12.2 Å². The van der Waals surface area contributed by atoms with Crippen molar-refractivity contribution in [3.63, 3.8) is 0 Å². The van der Waals surface area contributed by atoms with Gasteiger partial charge in [-0.05, 0) is 6.42 Å². The molecule has 17 heavy (non-hydrogen) atoms. The van der Waals surface area contributed by atoms with Crippen LogP contribution in [0.5, 0.6) is 0 Å². The van der Waals surface area contributed by atoms with Gasteiger partial charge >= 0.3 is 5.97 Å². The predicted molar refractivity (Wildman–Crippen MR) is 54.7 cm³/mol. The second-order valence-corrected chi connectivity index (χ2v) is 4.49. The quantitative estimate of drug-likeness (QED) is 0.736.